The lowest BCUT2D eigenvalue weighted by atomic mass is 10.1. The summed E-state index contributed by atoms with van der Waals surface area (Å²) in [7, 11) is -1.02. The Morgan fingerprint density at radius 2 is 1.74 bits per heavy atom. The van der Waals surface area contributed by atoms with Gasteiger partial charge in [0, 0.05) is 24.7 Å². The maximum atomic E-state index is 13.5. The number of hydrogen-bond donors (Lipinski definition) is 0. The molecule has 0 aliphatic rings. The first-order valence-electron chi connectivity index (χ1n) is 11.8. The number of ether oxygens (including phenoxy) is 2. The molecule has 0 saturated carbocycles. The van der Waals surface area contributed by atoms with Gasteiger partial charge in [-0.3, -0.25) is 14.9 Å². The summed E-state index contributed by atoms with van der Waals surface area (Å²) in [5.74, 6) is 1.29. The van der Waals surface area contributed by atoms with Crippen molar-refractivity contribution in [3.05, 3.63) is 82.3 Å². The minimum atomic E-state index is -4.11. The Hall–Kier alpha value is -3.90. The highest BCUT2D eigenvalue weighted by molar-refractivity contribution is 7.89. The van der Waals surface area contributed by atoms with Crippen LogP contribution in [0.2, 0.25) is 0 Å². The number of nitrogens with zero attached hydrogens (tertiary/aromatic N) is 3. The van der Waals surface area contributed by atoms with E-state index in [2.05, 4.69) is 0 Å². The van der Waals surface area contributed by atoms with Crippen LogP contribution in [0.5, 0.6) is 11.5 Å². The van der Waals surface area contributed by atoms with E-state index in [0.717, 1.165) is 22.0 Å². The van der Waals surface area contributed by atoms with E-state index in [4.69, 9.17) is 13.9 Å². The van der Waals surface area contributed by atoms with Crippen molar-refractivity contribution < 1.29 is 32.0 Å². The van der Waals surface area contributed by atoms with Gasteiger partial charge in [-0.05, 0) is 62.2 Å². The zero-order chi connectivity index (χ0) is 27.9. The van der Waals surface area contributed by atoms with Crippen molar-refractivity contribution >= 4 is 21.6 Å². The average molecular weight is 546 g/mol. The molecule has 0 N–H and O–H groups in total. The summed E-state index contributed by atoms with van der Waals surface area (Å²) in [6, 6.07) is 13.0. The highest BCUT2D eigenvalue weighted by atomic mass is 32.2. The summed E-state index contributed by atoms with van der Waals surface area (Å²) in [5.41, 5.74) is 0.676. The van der Waals surface area contributed by atoms with Crippen molar-refractivity contribution in [2.24, 2.45) is 0 Å². The van der Waals surface area contributed by atoms with Gasteiger partial charge in [-0.2, -0.15) is 4.31 Å². The van der Waals surface area contributed by atoms with Crippen LogP contribution in [-0.4, -0.2) is 61.8 Å². The van der Waals surface area contributed by atoms with Crippen LogP contribution in [0.1, 0.15) is 25.2 Å². The van der Waals surface area contributed by atoms with Crippen molar-refractivity contribution in [2.45, 2.75) is 37.8 Å². The lowest BCUT2D eigenvalue weighted by Gasteiger charge is -2.29. The van der Waals surface area contributed by atoms with Crippen molar-refractivity contribution in [3.8, 4) is 11.5 Å². The summed E-state index contributed by atoms with van der Waals surface area (Å²) in [6.45, 7) is 3.36. The highest BCUT2D eigenvalue weighted by Crippen LogP contribution is 2.28. The average Bonchev–Trinajstić information content (AvgIpc) is 3.42. The van der Waals surface area contributed by atoms with Gasteiger partial charge in [-0.1, -0.05) is 6.07 Å². The number of benzene rings is 2. The summed E-state index contributed by atoms with van der Waals surface area (Å²) >= 11 is 0. The third-order valence-electron chi connectivity index (χ3n) is 5.92. The molecule has 0 unspecified atom stereocenters. The molecule has 0 bridgehead atoms. The Bertz CT molecular complexity index is 1340. The van der Waals surface area contributed by atoms with Gasteiger partial charge in [0.2, 0.25) is 15.9 Å². The van der Waals surface area contributed by atoms with Crippen LogP contribution in [0.25, 0.3) is 0 Å². The van der Waals surface area contributed by atoms with Crippen LogP contribution in [-0.2, 0) is 27.8 Å². The van der Waals surface area contributed by atoms with E-state index >= 15 is 0 Å². The van der Waals surface area contributed by atoms with E-state index in [1.165, 1.54) is 23.3 Å². The maximum absolute atomic E-state index is 13.5. The van der Waals surface area contributed by atoms with Gasteiger partial charge in [0.1, 0.15) is 5.76 Å². The second kappa shape index (κ2) is 12.6. The molecule has 1 heterocycles. The van der Waals surface area contributed by atoms with Gasteiger partial charge >= 0.3 is 0 Å². The zero-order valence-electron chi connectivity index (χ0n) is 21.7. The van der Waals surface area contributed by atoms with E-state index in [-0.39, 0.29) is 17.1 Å². The first-order valence-corrected chi connectivity index (χ1v) is 13.3. The molecular weight excluding hydrogens is 514 g/mol. The Balaban J connectivity index is 1.82. The molecule has 38 heavy (non-hydrogen) atoms. The molecule has 12 heteroatoms. The number of methoxy groups -OCH3 is 2. The Kier molecular flexibility index (Phi) is 9.48. The Labute approximate surface area is 221 Å². The van der Waals surface area contributed by atoms with Crippen LogP contribution >= 0.6 is 0 Å². The number of rotatable bonds is 13. The number of furan rings is 1. The molecule has 0 aliphatic carbocycles. The summed E-state index contributed by atoms with van der Waals surface area (Å²) in [6.07, 6.45) is 1.98. The largest absolute Gasteiger partial charge is 0.493 e. The second-order valence-corrected chi connectivity index (χ2v) is 10.6. The maximum Gasteiger partial charge on any atom is 0.269 e. The van der Waals surface area contributed by atoms with Gasteiger partial charge in [0.05, 0.1) is 43.4 Å². The fourth-order valence-corrected chi connectivity index (χ4v) is 5.42. The van der Waals surface area contributed by atoms with Crippen LogP contribution in [0.3, 0.4) is 0 Å². The zero-order valence-corrected chi connectivity index (χ0v) is 22.5. The molecular formula is C26H31N3O8S. The number of carbonyl (C=O) groups excluding carboxylic acids is 1. The van der Waals surface area contributed by atoms with Crippen LogP contribution in [0.15, 0.2) is 70.2 Å². The number of nitro benzene ring substituents is 1. The fraction of sp³-hybridized carbons (Fsp3) is 0.346. The lowest BCUT2D eigenvalue weighted by molar-refractivity contribution is -0.384. The molecule has 2 aromatic carbocycles. The van der Waals surface area contributed by atoms with Gasteiger partial charge in [-0.15, -0.1) is 0 Å². The molecule has 1 aromatic heterocycles. The van der Waals surface area contributed by atoms with E-state index in [1.807, 2.05) is 12.1 Å². The minimum Gasteiger partial charge on any atom is -0.493 e. The van der Waals surface area contributed by atoms with Crippen LogP contribution in [0, 0.1) is 10.1 Å². The van der Waals surface area contributed by atoms with Gasteiger partial charge in [-0.25, -0.2) is 8.42 Å². The standard InChI is InChI=1S/C26H31N3O8S/c1-19(2)28(38(33,34)23-10-8-21(9-11-23)29(31)32)18-26(30)27(17-22-6-5-15-37-22)14-13-20-7-12-24(35-3)25(16-20)36-4/h5-12,15-16,19H,13-14,17-18H2,1-4H3. The number of carbonyl (C=O) groups is 1. The Morgan fingerprint density at radius 1 is 1.05 bits per heavy atom. The molecule has 0 atom stereocenters. The number of nitro groups is 1. The van der Waals surface area contributed by atoms with Crippen molar-refractivity contribution in [1.82, 2.24) is 9.21 Å². The monoisotopic (exact) mass is 545 g/mol. The summed E-state index contributed by atoms with van der Waals surface area (Å²) < 4.78 is 43.9. The highest BCUT2D eigenvalue weighted by Gasteiger charge is 2.31. The van der Waals surface area contributed by atoms with Crippen molar-refractivity contribution in [3.63, 3.8) is 0 Å². The van der Waals surface area contributed by atoms with E-state index in [1.54, 1.807) is 46.3 Å². The molecule has 0 fully saturated rings. The number of non-ortho nitro benzene ring substituents is 1. The third kappa shape index (κ3) is 6.90. The molecule has 0 aliphatic heterocycles. The van der Waals surface area contributed by atoms with E-state index < -0.39 is 33.4 Å². The molecule has 3 rings (SSSR count). The number of sulfonamides is 1. The smallest absolute Gasteiger partial charge is 0.269 e. The quantitative estimate of drug-likeness (QED) is 0.234. The van der Waals surface area contributed by atoms with Crippen molar-refractivity contribution in [2.75, 3.05) is 27.3 Å². The molecule has 3 aromatic rings. The summed E-state index contributed by atoms with van der Waals surface area (Å²) in [5, 5.41) is 11.0. The van der Waals surface area contributed by atoms with Crippen LogP contribution < -0.4 is 9.47 Å². The number of hydrogen-bond acceptors (Lipinski definition) is 8. The third-order valence-corrected chi connectivity index (χ3v) is 7.96. The minimum absolute atomic E-state index is 0.132. The first-order chi connectivity index (χ1) is 18.1. The molecule has 204 valence electrons. The normalized spacial score (nSPS) is 11.5. The molecule has 11 nitrogen and oxygen atoms in total. The van der Waals surface area contributed by atoms with E-state index in [0.29, 0.717) is 30.2 Å². The SMILES string of the molecule is COc1ccc(CCN(Cc2ccco2)C(=O)CN(C(C)C)S(=O)(=O)c2ccc([N+](=O)[O-])cc2)cc1OC. The molecule has 0 spiro atoms. The predicted octanol–water partition coefficient (Wildman–Crippen LogP) is 3.88. The van der Waals surface area contributed by atoms with Crippen molar-refractivity contribution in [1.29, 1.82) is 0 Å². The fourth-order valence-electron chi connectivity index (χ4n) is 3.84. The molecule has 0 radical (unpaired) electrons. The lowest BCUT2D eigenvalue weighted by Crippen LogP contribution is -2.46. The van der Waals surface area contributed by atoms with Gasteiger partial charge in [0.25, 0.3) is 5.69 Å². The second-order valence-electron chi connectivity index (χ2n) is 8.73. The summed E-state index contributed by atoms with van der Waals surface area (Å²) in [4.78, 5) is 25.3. The van der Waals surface area contributed by atoms with Gasteiger partial charge in [0.15, 0.2) is 11.5 Å². The predicted molar refractivity (Wildman–Crippen MR) is 139 cm³/mol. The topological polar surface area (TPSA) is 132 Å². The first kappa shape index (κ1) is 28.7. The molecule has 0 saturated heterocycles. The number of amides is 1. The van der Waals surface area contributed by atoms with Gasteiger partial charge < -0.3 is 18.8 Å². The van der Waals surface area contributed by atoms with E-state index in [9.17, 15) is 23.3 Å². The molecule has 1 amide bonds. The van der Waals surface area contributed by atoms with Crippen LogP contribution in [0.4, 0.5) is 5.69 Å². The Morgan fingerprint density at radius 3 is 2.29 bits per heavy atom.